The van der Waals surface area contributed by atoms with Crippen LogP contribution in [0, 0.1) is 11.8 Å². The maximum Gasteiger partial charge on any atom is 0.312 e. The summed E-state index contributed by atoms with van der Waals surface area (Å²) in [6.45, 7) is 0. The van der Waals surface area contributed by atoms with Crippen molar-refractivity contribution in [1.29, 1.82) is 0 Å². The molecule has 0 heterocycles. The molecule has 0 spiro atoms. The first-order valence-corrected chi connectivity index (χ1v) is 18.2. The lowest BCUT2D eigenvalue weighted by atomic mass is 9.69. The summed E-state index contributed by atoms with van der Waals surface area (Å²) in [7, 11) is 0. The molecule has 4 aromatic rings. The van der Waals surface area contributed by atoms with Crippen LogP contribution in [0.2, 0.25) is 0 Å². The fraction of sp³-hybridized carbons (Fsp3) is 0.222. The van der Waals surface area contributed by atoms with Crippen molar-refractivity contribution in [2.45, 2.75) is 34.9 Å². The average Bonchev–Trinajstić information content (AvgIpc) is 3.65. The molecule has 16 heteroatoms. The first-order valence-electron chi connectivity index (χ1n) is 15.1. The third kappa shape index (κ3) is 5.60. The second-order valence-electron chi connectivity index (χ2n) is 12.1. The summed E-state index contributed by atoms with van der Waals surface area (Å²) in [5.41, 5.74) is -6.10. The van der Waals surface area contributed by atoms with Gasteiger partial charge >= 0.3 is 23.7 Å². The predicted molar refractivity (Wildman–Crippen MR) is 187 cm³/mol. The third-order valence-electron chi connectivity index (χ3n) is 8.97. The topological polar surface area (TPSA) is 36.9 Å². The van der Waals surface area contributed by atoms with E-state index in [1.807, 2.05) is 0 Å². The zero-order valence-corrected chi connectivity index (χ0v) is 32.1. The van der Waals surface area contributed by atoms with Gasteiger partial charge in [-0.05, 0) is 97.1 Å². The maximum atomic E-state index is 14.6. The smallest absolute Gasteiger partial charge is 0.312 e. The number of rotatable bonds is 8. The second kappa shape index (κ2) is 12.8. The van der Waals surface area contributed by atoms with Crippen LogP contribution in [-0.2, 0) is 0 Å². The molecule has 6 aliphatic rings. The van der Waals surface area contributed by atoms with Crippen molar-refractivity contribution < 1.29 is 54.1 Å². The largest absolute Gasteiger partial charge is 0.470 e. The Hall–Kier alpha value is -3.08. The van der Waals surface area contributed by atoms with E-state index in [1.54, 1.807) is 24.3 Å². The number of hydrogen-bond donors (Lipinski definition) is 0. The van der Waals surface area contributed by atoms with E-state index in [2.05, 4.69) is 63.7 Å². The van der Waals surface area contributed by atoms with E-state index in [-0.39, 0.29) is 23.0 Å². The van der Waals surface area contributed by atoms with Gasteiger partial charge in [0.05, 0.1) is 0 Å². The van der Waals surface area contributed by atoms with Crippen LogP contribution in [0.25, 0.3) is 0 Å². The Kier molecular flexibility index (Phi) is 9.14. The Labute approximate surface area is 324 Å². The maximum absolute atomic E-state index is 14.6. The summed E-state index contributed by atoms with van der Waals surface area (Å²) in [6.07, 6.45) is 1.42. The molecule has 272 valence electrons. The quantitative estimate of drug-likeness (QED) is 0.165. The SMILES string of the molecule is FC1(F)C2C(Oc3ccc(Br)cc3)=CC1(Oc1ccc(Br)cc1)C2(F)F.FC1(F)C2C(Oc3ccc(Br)cc3)=CC1(Oc1ccc(Br)cc1)C2(F)F. The average molecular weight is 988 g/mol. The van der Waals surface area contributed by atoms with Gasteiger partial charge in [-0.1, -0.05) is 63.7 Å². The summed E-state index contributed by atoms with van der Waals surface area (Å²) in [5.74, 6) is -20.6. The molecule has 0 aliphatic heterocycles. The highest BCUT2D eigenvalue weighted by molar-refractivity contribution is 9.11. The Morgan fingerprint density at radius 3 is 0.846 bits per heavy atom. The molecule has 0 atom stereocenters. The molecule has 4 aromatic carbocycles. The summed E-state index contributed by atoms with van der Waals surface area (Å²) in [5, 5.41) is 0. The number of alkyl halides is 8. The van der Waals surface area contributed by atoms with Crippen molar-refractivity contribution in [2.24, 2.45) is 11.8 Å². The van der Waals surface area contributed by atoms with Crippen molar-refractivity contribution in [3.8, 4) is 23.0 Å². The van der Waals surface area contributed by atoms with Crippen LogP contribution in [0.5, 0.6) is 23.0 Å². The lowest BCUT2D eigenvalue weighted by molar-refractivity contribution is -0.364. The van der Waals surface area contributed by atoms with Crippen LogP contribution in [0.3, 0.4) is 0 Å². The van der Waals surface area contributed by atoms with Crippen LogP contribution >= 0.6 is 63.7 Å². The van der Waals surface area contributed by atoms with Gasteiger partial charge in [-0.25, -0.2) is 35.1 Å². The summed E-state index contributed by atoms with van der Waals surface area (Å²) in [4.78, 5) is 0. The minimum Gasteiger partial charge on any atom is -0.470 e. The first-order chi connectivity index (χ1) is 24.3. The summed E-state index contributed by atoms with van der Waals surface area (Å²) < 4.78 is 140. The van der Waals surface area contributed by atoms with Crippen molar-refractivity contribution in [1.82, 2.24) is 0 Å². The fourth-order valence-corrected chi connectivity index (χ4v) is 7.49. The molecule has 0 N–H and O–H groups in total. The molecule has 10 rings (SSSR count). The predicted octanol–water partition coefficient (Wildman–Crippen LogP) is 12.4. The van der Waals surface area contributed by atoms with Crippen molar-refractivity contribution in [3.63, 3.8) is 0 Å². The van der Waals surface area contributed by atoms with E-state index in [1.165, 1.54) is 72.8 Å². The number of ether oxygens (including phenoxy) is 4. The van der Waals surface area contributed by atoms with E-state index in [9.17, 15) is 35.1 Å². The minimum atomic E-state index is -3.78. The molecule has 4 nitrogen and oxygen atoms in total. The Balaban J connectivity index is 0.000000162. The third-order valence-corrected chi connectivity index (χ3v) is 11.1. The first kappa shape index (κ1) is 37.2. The zero-order chi connectivity index (χ0) is 37.5. The van der Waals surface area contributed by atoms with E-state index in [4.69, 9.17) is 18.9 Å². The van der Waals surface area contributed by atoms with Gasteiger partial charge < -0.3 is 18.9 Å². The zero-order valence-electron chi connectivity index (χ0n) is 25.7. The Bertz CT molecular complexity index is 1880. The second-order valence-corrected chi connectivity index (χ2v) is 15.8. The summed E-state index contributed by atoms with van der Waals surface area (Å²) >= 11 is 12.8. The van der Waals surface area contributed by atoms with Gasteiger partial charge in [0.15, 0.2) is 11.8 Å². The number of hydrogen-bond acceptors (Lipinski definition) is 4. The molecule has 0 radical (unpaired) electrons. The molecule has 2 fully saturated rings. The Morgan fingerprint density at radius 2 is 0.596 bits per heavy atom. The monoisotopic (exact) mass is 984 g/mol. The lowest BCUT2D eigenvalue weighted by Gasteiger charge is -2.52. The van der Waals surface area contributed by atoms with Gasteiger partial charge in [-0.15, -0.1) is 0 Å². The number of benzene rings is 4. The summed E-state index contributed by atoms with van der Waals surface area (Å²) in [6, 6.07) is 24.0. The molecule has 0 amide bonds. The van der Waals surface area contributed by atoms with Crippen LogP contribution in [-0.4, -0.2) is 34.9 Å². The van der Waals surface area contributed by atoms with E-state index in [0.717, 1.165) is 8.95 Å². The van der Waals surface area contributed by atoms with Crippen molar-refractivity contribution in [3.05, 3.63) is 139 Å². The molecular weight excluding hydrogens is 968 g/mol. The van der Waals surface area contributed by atoms with E-state index in [0.29, 0.717) is 21.1 Å². The lowest BCUT2D eigenvalue weighted by Crippen LogP contribution is -2.77. The van der Waals surface area contributed by atoms with E-state index >= 15 is 0 Å². The highest BCUT2D eigenvalue weighted by Gasteiger charge is 2.94. The van der Waals surface area contributed by atoms with Crippen molar-refractivity contribution >= 4 is 63.7 Å². The van der Waals surface area contributed by atoms with Gasteiger partial charge in [-0.2, -0.15) is 0 Å². The highest BCUT2D eigenvalue weighted by Crippen LogP contribution is 2.72. The molecule has 6 aliphatic carbocycles. The minimum absolute atomic E-state index is 0.0767. The molecule has 0 aromatic heterocycles. The fourth-order valence-electron chi connectivity index (χ4n) is 6.43. The van der Waals surface area contributed by atoms with Gasteiger partial charge in [-0.3, -0.25) is 0 Å². The van der Waals surface area contributed by atoms with E-state index < -0.39 is 58.2 Å². The molecule has 0 unspecified atom stereocenters. The molecule has 0 saturated heterocycles. The molecular formula is C36H20Br4F8O4. The van der Waals surface area contributed by atoms with Crippen LogP contribution < -0.4 is 18.9 Å². The van der Waals surface area contributed by atoms with Crippen LogP contribution in [0.4, 0.5) is 35.1 Å². The standard InChI is InChI=1S/2C18H10Br2F4O2/c2*19-10-1-5-12(6-2-10)25-14-9-16(17(21,22)15(14)18(16,23)24)26-13-7-3-11(20)4-8-13/h2*1-9,15H. The van der Waals surface area contributed by atoms with Crippen molar-refractivity contribution in [2.75, 3.05) is 0 Å². The normalized spacial score (nSPS) is 27.5. The van der Waals surface area contributed by atoms with Gasteiger partial charge in [0.1, 0.15) is 34.5 Å². The molecule has 52 heavy (non-hydrogen) atoms. The molecule has 2 saturated carbocycles. The number of halogens is 12. The van der Waals surface area contributed by atoms with Crippen LogP contribution in [0.1, 0.15) is 0 Å². The molecule has 4 bridgehead atoms. The van der Waals surface area contributed by atoms with Gasteiger partial charge in [0.25, 0.3) is 11.2 Å². The van der Waals surface area contributed by atoms with Gasteiger partial charge in [0.2, 0.25) is 0 Å². The number of allylic oxidation sites excluding steroid dienone is 2. The highest BCUT2D eigenvalue weighted by atomic mass is 79.9. The van der Waals surface area contributed by atoms with Gasteiger partial charge in [0, 0.05) is 30.0 Å². The Morgan fingerprint density at radius 1 is 0.365 bits per heavy atom. The van der Waals surface area contributed by atoms with Crippen LogP contribution in [0.15, 0.2) is 139 Å².